The van der Waals surface area contributed by atoms with Gasteiger partial charge in [0.25, 0.3) is 6.43 Å². The van der Waals surface area contributed by atoms with Crippen molar-refractivity contribution in [3.63, 3.8) is 0 Å². The Morgan fingerprint density at radius 3 is 2.84 bits per heavy atom. The van der Waals surface area contributed by atoms with Crippen molar-refractivity contribution in [2.24, 2.45) is 5.73 Å². The number of nitrogens with two attached hydrogens (primary N) is 1. The predicted molar refractivity (Wildman–Crippen MR) is 71.1 cm³/mol. The third-order valence-corrected chi connectivity index (χ3v) is 2.62. The zero-order chi connectivity index (χ0) is 14.3. The molecule has 3 N–H and O–H groups in total. The van der Waals surface area contributed by atoms with Crippen LogP contribution in [-0.2, 0) is 11.3 Å². The molecule has 1 aromatic carbocycles. The summed E-state index contributed by atoms with van der Waals surface area (Å²) in [6.07, 6.45) is -2.20. The highest BCUT2D eigenvalue weighted by Crippen LogP contribution is 2.10. The lowest BCUT2D eigenvalue weighted by Gasteiger charge is -2.15. The van der Waals surface area contributed by atoms with Crippen LogP contribution >= 0.6 is 0 Å². The Bertz CT molecular complexity index is 413. The summed E-state index contributed by atoms with van der Waals surface area (Å²) in [7, 11) is 1.56. The van der Waals surface area contributed by atoms with E-state index in [0.29, 0.717) is 18.8 Å². The fourth-order valence-electron chi connectivity index (χ4n) is 1.62. The minimum atomic E-state index is -2.38. The number of anilines is 1. The number of carbonyl (C=O) groups is 1. The number of amides is 1. The molecule has 0 fully saturated rings. The molecule has 0 saturated carbocycles. The zero-order valence-electron chi connectivity index (χ0n) is 10.9. The maximum absolute atomic E-state index is 12.1. The lowest BCUT2D eigenvalue weighted by atomic mass is 10.2. The molecule has 0 heterocycles. The maximum atomic E-state index is 12.1. The molecule has 0 spiro atoms. The van der Waals surface area contributed by atoms with Gasteiger partial charge in [-0.15, -0.1) is 0 Å². The second kappa shape index (κ2) is 7.81. The highest BCUT2D eigenvalue weighted by molar-refractivity contribution is 5.90. The molecule has 4 nitrogen and oxygen atoms in total. The first-order valence-corrected chi connectivity index (χ1v) is 6.07. The van der Waals surface area contributed by atoms with Gasteiger partial charge < -0.3 is 16.0 Å². The van der Waals surface area contributed by atoms with Gasteiger partial charge in [-0.05, 0) is 24.7 Å². The first kappa shape index (κ1) is 15.5. The van der Waals surface area contributed by atoms with Gasteiger partial charge in [0.1, 0.15) is 0 Å². The van der Waals surface area contributed by atoms with E-state index in [-0.39, 0.29) is 18.9 Å². The standard InChI is InChI=1S/C13H19F2N3O/c1-18(9-12(14)15)6-5-13(19)17-11-4-2-3-10(7-11)8-16/h2-4,7,12H,5-6,8-9,16H2,1H3,(H,17,19). The molecule has 106 valence electrons. The molecule has 1 aromatic rings. The Kier molecular flexibility index (Phi) is 6.38. The minimum absolute atomic E-state index is 0.177. The van der Waals surface area contributed by atoms with Crippen molar-refractivity contribution in [1.82, 2.24) is 4.90 Å². The first-order valence-electron chi connectivity index (χ1n) is 6.07. The van der Waals surface area contributed by atoms with Crippen LogP contribution in [0.1, 0.15) is 12.0 Å². The molecule has 6 heteroatoms. The molecule has 1 rings (SSSR count). The molecule has 0 saturated heterocycles. The van der Waals surface area contributed by atoms with Crippen LogP contribution in [0.3, 0.4) is 0 Å². The highest BCUT2D eigenvalue weighted by atomic mass is 19.3. The summed E-state index contributed by atoms with van der Waals surface area (Å²) in [6, 6.07) is 7.23. The number of benzene rings is 1. The van der Waals surface area contributed by atoms with Crippen LogP contribution in [0.25, 0.3) is 0 Å². The molecule has 0 radical (unpaired) electrons. The van der Waals surface area contributed by atoms with Gasteiger partial charge in [-0.2, -0.15) is 0 Å². The lowest BCUT2D eigenvalue weighted by Crippen LogP contribution is -2.28. The molecular formula is C13H19F2N3O. The smallest absolute Gasteiger partial charge is 0.251 e. The number of nitrogens with one attached hydrogen (secondary N) is 1. The summed E-state index contributed by atoms with van der Waals surface area (Å²) in [6.45, 7) is 0.379. The fraction of sp³-hybridized carbons (Fsp3) is 0.462. The van der Waals surface area contributed by atoms with Crippen molar-refractivity contribution in [1.29, 1.82) is 0 Å². The summed E-state index contributed by atoms with van der Waals surface area (Å²) in [5, 5.41) is 2.72. The van der Waals surface area contributed by atoms with E-state index in [9.17, 15) is 13.6 Å². The molecule has 1 amide bonds. The Morgan fingerprint density at radius 2 is 2.21 bits per heavy atom. The third kappa shape index (κ3) is 6.26. The van der Waals surface area contributed by atoms with Crippen LogP contribution in [-0.4, -0.2) is 37.4 Å². The average molecular weight is 271 g/mol. The van der Waals surface area contributed by atoms with Crippen molar-refractivity contribution in [3.05, 3.63) is 29.8 Å². The van der Waals surface area contributed by atoms with Crippen LogP contribution in [0.5, 0.6) is 0 Å². The van der Waals surface area contributed by atoms with E-state index in [0.717, 1.165) is 5.56 Å². The second-order valence-electron chi connectivity index (χ2n) is 4.36. The molecule has 0 aliphatic heterocycles. The highest BCUT2D eigenvalue weighted by Gasteiger charge is 2.09. The number of rotatable bonds is 7. The van der Waals surface area contributed by atoms with Crippen LogP contribution in [0, 0.1) is 0 Å². The molecule has 19 heavy (non-hydrogen) atoms. The lowest BCUT2D eigenvalue weighted by molar-refractivity contribution is -0.116. The van der Waals surface area contributed by atoms with Crippen LogP contribution in [0.2, 0.25) is 0 Å². The van der Waals surface area contributed by atoms with Crippen molar-refractivity contribution in [3.8, 4) is 0 Å². The average Bonchev–Trinajstić information content (AvgIpc) is 2.36. The zero-order valence-corrected chi connectivity index (χ0v) is 10.9. The summed E-state index contributed by atoms with van der Waals surface area (Å²) < 4.78 is 24.2. The number of hydrogen-bond acceptors (Lipinski definition) is 3. The van der Waals surface area contributed by atoms with Gasteiger partial charge in [-0.3, -0.25) is 4.79 Å². The minimum Gasteiger partial charge on any atom is -0.326 e. The monoisotopic (exact) mass is 271 g/mol. The number of nitrogens with zero attached hydrogens (tertiary/aromatic N) is 1. The first-order chi connectivity index (χ1) is 9.01. The van der Waals surface area contributed by atoms with E-state index < -0.39 is 6.43 Å². The van der Waals surface area contributed by atoms with Crippen molar-refractivity contribution in [2.45, 2.75) is 19.4 Å². The maximum Gasteiger partial charge on any atom is 0.251 e. The Balaban J connectivity index is 2.38. The summed E-state index contributed by atoms with van der Waals surface area (Å²) >= 11 is 0. The normalized spacial score (nSPS) is 11.1. The Labute approximate surface area is 111 Å². The van der Waals surface area contributed by atoms with Crippen LogP contribution < -0.4 is 11.1 Å². The number of carbonyl (C=O) groups excluding carboxylic acids is 1. The van der Waals surface area contributed by atoms with E-state index in [1.54, 1.807) is 25.2 Å². The van der Waals surface area contributed by atoms with Gasteiger partial charge in [-0.1, -0.05) is 12.1 Å². The quantitative estimate of drug-likeness (QED) is 0.793. The molecule has 0 bridgehead atoms. The van der Waals surface area contributed by atoms with Gasteiger partial charge in [0, 0.05) is 25.2 Å². The van der Waals surface area contributed by atoms with E-state index in [4.69, 9.17) is 5.73 Å². The van der Waals surface area contributed by atoms with Crippen molar-refractivity contribution in [2.75, 3.05) is 25.5 Å². The second-order valence-corrected chi connectivity index (χ2v) is 4.36. The molecule has 0 aromatic heterocycles. The van der Waals surface area contributed by atoms with E-state index in [1.807, 2.05) is 6.07 Å². The summed E-state index contributed by atoms with van der Waals surface area (Å²) in [5.41, 5.74) is 7.10. The molecule has 0 unspecified atom stereocenters. The third-order valence-electron chi connectivity index (χ3n) is 2.62. The number of halogens is 2. The molecule has 0 aliphatic rings. The Morgan fingerprint density at radius 1 is 1.47 bits per heavy atom. The summed E-state index contributed by atoms with van der Waals surface area (Å²) in [4.78, 5) is 13.1. The largest absolute Gasteiger partial charge is 0.326 e. The van der Waals surface area contributed by atoms with Gasteiger partial charge >= 0.3 is 0 Å². The fourth-order valence-corrected chi connectivity index (χ4v) is 1.62. The molecular weight excluding hydrogens is 252 g/mol. The number of alkyl halides is 2. The topological polar surface area (TPSA) is 58.4 Å². The predicted octanol–water partition coefficient (Wildman–Crippen LogP) is 1.67. The summed E-state index contributed by atoms with van der Waals surface area (Å²) in [5.74, 6) is -0.199. The van der Waals surface area contributed by atoms with Crippen molar-refractivity contribution < 1.29 is 13.6 Å². The van der Waals surface area contributed by atoms with Gasteiger partial charge in [-0.25, -0.2) is 8.78 Å². The van der Waals surface area contributed by atoms with E-state index in [2.05, 4.69) is 5.32 Å². The van der Waals surface area contributed by atoms with Gasteiger partial charge in [0.2, 0.25) is 5.91 Å². The van der Waals surface area contributed by atoms with Crippen molar-refractivity contribution >= 4 is 11.6 Å². The van der Waals surface area contributed by atoms with Gasteiger partial charge in [0.05, 0.1) is 6.54 Å². The van der Waals surface area contributed by atoms with E-state index >= 15 is 0 Å². The Hall–Kier alpha value is -1.53. The van der Waals surface area contributed by atoms with Crippen LogP contribution in [0.4, 0.5) is 14.5 Å². The van der Waals surface area contributed by atoms with Gasteiger partial charge in [0.15, 0.2) is 0 Å². The SMILES string of the molecule is CN(CCC(=O)Nc1cccc(CN)c1)CC(F)F. The molecule has 0 aliphatic carbocycles. The van der Waals surface area contributed by atoms with Crippen LogP contribution in [0.15, 0.2) is 24.3 Å². The number of hydrogen-bond donors (Lipinski definition) is 2. The molecule has 0 atom stereocenters. The van der Waals surface area contributed by atoms with E-state index in [1.165, 1.54) is 4.90 Å².